The van der Waals surface area contributed by atoms with E-state index in [1.54, 1.807) is 0 Å². The van der Waals surface area contributed by atoms with E-state index in [2.05, 4.69) is 24.5 Å². The highest BCUT2D eigenvalue weighted by atomic mass is 19.1. The molecule has 0 fully saturated rings. The lowest BCUT2D eigenvalue weighted by molar-refractivity contribution is -0.112. The third-order valence-corrected chi connectivity index (χ3v) is 3.42. The molecule has 2 aromatic carbocycles. The number of para-hydroxylation sites is 1. The number of nitrogens with zero attached hydrogens (tertiary/aromatic N) is 1. The summed E-state index contributed by atoms with van der Waals surface area (Å²) in [5, 5.41) is 14.8. The molecule has 24 heavy (non-hydrogen) atoms. The van der Waals surface area contributed by atoms with Gasteiger partial charge in [-0.25, -0.2) is 4.39 Å². The van der Waals surface area contributed by atoms with Crippen LogP contribution in [0.2, 0.25) is 0 Å². The maximum atomic E-state index is 12.9. The molecular formula is C19H18FN3O. The number of amides is 1. The molecule has 122 valence electrons. The summed E-state index contributed by atoms with van der Waals surface area (Å²) >= 11 is 0. The van der Waals surface area contributed by atoms with Gasteiger partial charge in [0, 0.05) is 17.6 Å². The van der Waals surface area contributed by atoms with Crippen LogP contribution in [0.15, 0.2) is 60.3 Å². The van der Waals surface area contributed by atoms with Crippen LogP contribution in [0.4, 0.5) is 15.8 Å². The molecule has 0 bridgehead atoms. The van der Waals surface area contributed by atoms with E-state index in [-0.39, 0.29) is 5.57 Å². The second kappa shape index (κ2) is 7.93. The van der Waals surface area contributed by atoms with Crippen LogP contribution < -0.4 is 10.6 Å². The fraction of sp³-hybridized carbons (Fsp3) is 0.158. The first-order chi connectivity index (χ1) is 11.5. The van der Waals surface area contributed by atoms with Crippen LogP contribution in [-0.4, -0.2) is 5.91 Å². The molecule has 0 heterocycles. The molecule has 0 aliphatic rings. The zero-order chi connectivity index (χ0) is 17.5. The van der Waals surface area contributed by atoms with Crippen molar-refractivity contribution in [2.45, 2.75) is 19.8 Å². The quantitative estimate of drug-likeness (QED) is 0.633. The maximum absolute atomic E-state index is 12.9. The Labute approximate surface area is 140 Å². The first-order valence-electron chi connectivity index (χ1n) is 7.54. The lowest BCUT2D eigenvalue weighted by Crippen LogP contribution is -2.14. The van der Waals surface area contributed by atoms with Crippen LogP contribution in [0, 0.1) is 17.1 Å². The van der Waals surface area contributed by atoms with Gasteiger partial charge in [-0.2, -0.15) is 5.26 Å². The largest absolute Gasteiger partial charge is 0.360 e. The smallest absolute Gasteiger partial charge is 0.267 e. The number of carbonyl (C=O) groups excluding carboxylic acids is 1. The van der Waals surface area contributed by atoms with Gasteiger partial charge in [-0.3, -0.25) is 4.79 Å². The number of hydrogen-bond acceptors (Lipinski definition) is 3. The van der Waals surface area contributed by atoms with E-state index in [4.69, 9.17) is 0 Å². The summed E-state index contributed by atoms with van der Waals surface area (Å²) in [6.45, 7) is 4.13. The molecule has 5 heteroatoms. The number of carbonyl (C=O) groups is 1. The van der Waals surface area contributed by atoms with Crippen LogP contribution in [-0.2, 0) is 4.79 Å². The van der Waals surface area contributed by atoms with Crippen molar-refractivity contribution in [3.63, 3.8) is 0 Å². The molecule has 4 nitrogen and oxygen atoms in total. The van der Waals surface area contributed by atoms with Gasteiger partial charge in [0.15, 0.2) is 0 Å². The SMILES string of the molecule is CC(C)c1ccccc1N/C=C(/C#N)C(=O)Nc1ccc(F)cc1. The lowest BCUT2D eigenvalue weighted by Gasteiger charge is -2.12. The normalized spacial score (nSPS) is 11.0. The molecule has 1 amide bonds. The minimum atomic E-state index is -0.557. The predicted octanol–water partition coefficient (Wildman–Crippen LogP) is 4.41. The van der Waals surface area contributed by atoms with Gasteiger partial charge >= 0.3 is 0 Å². The molecule has 0 radical (unpaired) electrons. The highest BCUT2D eigenvalue weighted by molar-refractivity contribution is 6.06. The standard InChI is InChI=1S/C19H18FN3O/c1-13(2)17-5-3-4-6-18(17)22-12-14(11-21)19(24)23-16-9-7-15(20)8-10-16/h3-10,12-13,22H,1-2H3,(H,23,24)/b14-12-. The first-order valence-corrected chi connectivity index (χ1v) is 7.54. The summed E-state index contributed by atoms with van der Waals surface area (Å²) < 4.78 is 12.9. The van der Waals surface area contributed by atoms with E-state index >= 15 is 0 Å². The summed E-state index contributed by atoms with van der Waals surface area (Å²) in [4.78, 5) is 12.1. The van der Waals surface area contributed by atoms with Crippen molar-refractivity contribution in [3.8, 4) is 6.07 Å². The van der Waals surface area contributed by atoms with E-state index in [0.717, 1.165) is 11.3 Å². The zero-order valence-electron chi connectivity index (χ0n) is 13.5. The highest BCUT2D eigenvalue weighted by Gasteiger charge is 2.10. The molecule has 2 aromatic rings. The van der Waals surface area contributed by atoms with Crippen molar-refractivity contribution in [2.24, 2.45) is 0 Å². The summed E-state index contributed by atoms with van der Waals surface area (Å²) in [6, 6.07) is 14.9. The molecule has 0 unspecified atom stereocenters. The summed E-state index contributed by atoms with van der Waals surface area (Å²) in [5.41, 5.74) is 2.28. The van der Waals surface area contributed by atoms with Crippen LogP contribution >= 0.6 is 0 Å². The topological polar surface area (TPSA) is 64.9 Å². The Balaban J connectivity index is 2.13. The Hall–Kier alpha value is -3.13. The van der Waals surface area contributed by atoms with Gasteiger partial charge in [-0.15, -0.1) is 0 Å². The van der Waals surface area contributed by atoms with Crippen LogP contribution in [0.1, 0.15) is 25.3 Å². The number of anilines is 2. The van der Waals surface area contributed by atoms with Gasteiger partial charge in [0.05, 0.1) is 0 Å². The van der Waals surface area contributed by atoms with Gasteiger partial charge in [0.1, 0.15) is 17.5 Å². The Bertz CT molecular complexity index is 789. The van der Waals surface area contributed by atoms with Crippen molar-refractivity contribution in [1.29, 1.82) is 5.26 Å². The number of nitrogens with one attached hydrogen (secondary N) is 2. The monoisotopic (exact) mass is 323 g/mol. The van der Waals surface area contributed by atoms with Gasteiger partial charge in [0.2, 0.25) is 0 Å². The zero-order valence-corrected chi connectivity index (χ0v) is 13.5. The first kappa shape index (κ1) is 17.2. The Kier molecular flexibility index (Phi) is 5.69. The highest BCUT2D eigenvalue weighted by Crippen LogP contribution is 2.23. The molecule has 2 N–H and O–H groups in total. The number of hydrogen-bond donors (Lipinski definition) is 2. The summed E-state index contributed by atoms with van der Waals surface area (Å²) in [7, 11) is 0. The van der Waals surface area contributed by atoms with Gasteiger partial charge in [-0.05, 0) is 41.8 Å². The number of halogens is 1. The average molecular weight is 323 g/mol. The molecule has 0 spiro atoms. The van der Waals surface area contributed by atoms with Crippen molar-refractivity contribution < 1.29 is 9.18 Å². The Morgan fingerprint density at radius 2 is 1.83 bits per heavy atom. The molecule has 0 atom stereocenters. The second-order valence-electron chi connectivity index (χ2n) is 5.52. The number of benzene rings is 2. The fourth-order valence-electron chi connectivity index (χ4n) is 2.16. The van der Waals surface area contributed by atoms with E-state index in [1.807, 2.05) is 30.3 Å². The molecule has 0 aliphatic heterocycles. The van der Waals surface area contributed by atoms with Crippen molar-refractivity contribution in [1.82, 2.24) is 0 Å². The molecule has 0 aromatic heterocycles. The summed E-state index contributed by atoms with van der Waals surface area (Å²) in [5.74, 6) is -0.643. The lowest BCUT2D eigenvalue weighted by atomic mass is 10.0. The molecule has 2 rings (SSSR count). The molecular weight excluding hydrogens is 305 g/mol. The number of nitriles is 1. The molecule has 0 saturated heterocycles. The van der Waals surface area contributed by atoms with E-state index in [0.29, 0.717) is 11.6 Å². The summed E-state index contributed by atoms with van der Waals surface area (Å²) in [6.07, 6.45) is 1.38. The third kappa shape index (κ3) is 4.43. The van der Waals surface area contributed by atoms with E-state index in [9.17, 15) is 14.4 Å². The minimum Gasteiger partial charge on any atom is -0.360 e. The van der Waals surface area contributed by atoms with Gasteiger partial charge in [-0.1, -0.05) is 32.0 Å². The van der Waals surface area contributed by atoms with E-state index < -0.39 is 11.7 Å². The average Bonchev–Trinajstić information content (AvgIpc) is 2.57. The third-order valence-electron chi connectivity index (χ3n) is 3.42. The van der Waals surface area contributed by atoms with Crippen LogP contribution in [0.3, 0.4) is 0 Å². The Morgan fingerprint density at radius 3 is 2.46 bits per heavy atom. The fourth-order valence-corrected chi connectivity index (χ4v) is 2.16. The van der Waals surface area contributed by atoms with Crippen molar-refractivity contribution >= 4 is 17.3 Å². The van der Waals surface area contributed by atoms with Crippen LogP contribution in [0.5, 0.6) is 0 Å². The van der Waals surface area contributed by atoms with Crippen LogP contribution in [0.25, 0.3) is 0 Å². The van der Waals surface area contributed by atoms with Crippen molar-refractivity contribution in [2.75, 3.05) is 10.6 Å². The molecule has 0 aliphatic carbocycles. The minimum absolute atomic E-state index is 0.0714. The second-order valence-corrected chi connectivity index (χ2v) is 5.52. The maximum Gasteiger partial charge on any atom is 0.267 e. The Morgan fingerprint density at radius 1 is 1.17 bits per heavy atom. The van der Waals surface area contributed by atoms with Gasteiger partial charge in [0.25, 0.3) is 5.91 Å². The predicted molar refractivity (Wildman–Crippen MR) is 92.9 cm³/mol. The van der Waals surface area contributed by atoms with E-state index in [1.165, 1.54) is 30.5 Å². The molecule has 0 saturated carbocycles. The van der Waals surface area contributed by atoms with Crippen molar-refractivity contribution in [3.05, 3.63) is 71.7 Å². The number of rotatable bonds is 5. The van der Waals surface area contributed by atoms with Gasteiger partial charge < -0.3 is 10.6 Å².